The minimum absolute atomic E-state index is 1.31. The van der Waals surface area contributed by atoms with Gasteiger partial charge in [-0.25, -0.2) is 0 Å². The Balaban J connectivity index is 0.000000195. The van der Waals surface area contributed by atoms with E-state index >= 15 is 0 Å². The molecule has 0 spiro atoms. The van der Waals surface area contributed by atoms with Gasteiger partial charge in [-0.2, -0.15) is 0 Å². The minimum Gasteiger partial charge on any atom is -0.259 e. The predicted octanol–water partition coefficient (Wildman–Crippen LogP) is 2.52. The Morgan fingerprint density at radius 3 is 1.27 bits per heavy atom. The van der Waals surface area contributed by atoms with Gasteiger partial charge in [-0.15, -0.1) is 0 Å². The summed E-state index contributed by atoms with van der Waals surface area (Å²) in [6, 6.07) is 16.7. The summed E-state index contributed by atoms with van der Waals surface area (Å²) in [5.41, 5.74) is 2.86. The molecule has 0 saturated heterocycles. The van der Waals surface area contributed by atoms with Crippen LogP contribution in [0, 0.1) is 0 Å². The molecular formula is C13H18N2. The van der Waals surface area contributed by atoms with Gasteiger partial charge in [0.2, 0.25) is 0 Å². The van der Waals surface area contributed by atoms with Crippen molar-refractivity contribution in [2.24, 2.45) is 0 Å². The maximum atomic E-state index is 2.86. The molecule has 0 fully saturated rings. The van der Waals surface area contributed by atoms with Crippen LogP contribution >= 0.6 is 0 Å². The summed E-state index contributed by atoms with van der Waals surface area (Å²) < 4.78 is 0. The summed E-state index contributed by atoms with van der Waals surface area (Å²) in [4.78, 5) is 0. The molecule has 0 radical (unpaired) electrons. The van der Waals surface area contributed by atoms with Gasteiger partial charge in [-0.1, -0.05) is 48.5 Å². The minimum atomic E-state index is 1.31. The molecule has 2 aromatic carbocycles. The first-order valence-electron chi connectivity index (χ1n) is 5.02. The molecule has 80 valence electrons. The van der Waals surface area contributed by atoms with Gasteiger partial charge in [-0.05, 0) is 17.8 Å². The number of benzene rings is 2. The molecule has 2 rings (SSSR count). The topological polar surface area (TPSA) is 15.3 Å². The first-order valence-corrected chi connectivity index (χ1v) is 5.02. The van der Waals surface area contributed by atoms with E-state index in [1.54, 1.807) is 0 Å². The Bertz CT molecular complexity index is 331. The van der Waals surface area contributed by atoms with E-state index in [2.05, 4.69) is 54.0 Å². The largest absolute Gasteiger partial charge is 0.259 e. The van der Waals surface area contributed by atoms with Crippen molar-refractivity contribution in [1.82, 2.24) is 10.4 Å². The molecule has 0 aliphatic carbocycles. The van der Waals surface area contributed by atoms with Gasteiger partial charge in [-0.3, -0.25) is 10.4 Å². The highest BCUT2D eigenvalue weighted by Crippen LogP contribution is 2.11. The van der Waals surface area contributed by atoms with Gasteiger partial charge in [0.05, 0.1) is 0 Å². The lowest BCUT2D eigenvalue weighted by atomic mass is 10.1. The number of nitrogens with one attached hydrogen (secondary N) is 1. The molecule has 2 nitrogen and oxygen atoms in total. The summed E-state index contributed by atoms with van der Waals surface area (Å²) in [5.74, 6) is 0. The Hall–Kier alpha value is -1.38. The molecule has 0 aromatic heterocycles. The van der Waals surface area contributed by atoms with E-state index < -0.39 is 0 Å². The molecule has 15 heavy (non-hydrogen) atoms. The molecule has 2 aromatic rings. The summed E-state index contributed by atoms with van der Waals surface area (Å²) in [5, 5.41) is 4.50. The first kappa shape index (κ1) is 11.7. The lowest BCUT2D eigenvalue weighted by Crippen LogP contribution is -2.25. The first-order chi connectivity index (χ1) is 7.24. The molecule has 0 aliphatic heterocycles. The van der Waals surface area contributed by atoms with Crippen LogP contribution in [-0.2, 0) is 0 Å². The van der Waals surface area contributed by atoms with Gasteiger partial charge in [0.25, 0.3) is 0 Å². The summed E-state index contributed by atoms with van der Waals surface area (Å²) in [6.45, 7) is 0. The van der Waals surface area contributed by atoms with Crippen molar-refractivity contribution < 1.29 is 0 Å². The second-order valence-corrected chi connectivity index (χ2v) is 3.47. The van der Waals surface area contributed by atoms with Crippen molar-refractivity contribution in [2.45, 2.75) is 0 Å². The summed E-state index contributed by atoms with van der Waals surface area (Å²) in [7, 11) is 5.76. The second kappa shape index (κ2) is 6.17. The lowest BCUT2D eigenvalue weighted by molar-refractivity contribution is 0.323. The van der Waals surface area contributed by atoms with Crippen LogP contribution in [0.3, 0.4) is 0 Å². The van der Waals surface area contributed by atoms with Gasteiger partial charge in [0.1, 0.15) is 0 Å². The van der Waals surface area contributed by atoms with E-state index in [-0.39, 0.29) is 0 Å². The van der Waals surface area contributed by atoms with Crippen LogP contribution in [0.25, 0.3) is 10.8 Å². The molecule has 0 heterocycles. The smallest absolute Gasteiger partial charge is 0.00128 e. The van der Waals surface area contributed by atoms with E-state index in [1.165, 1.54) is 10.8 Å². The van der Waals surface area contributed by atoms with E-state index in [1.807, 2.05) is 26.2 Å². The summed E-state index contributed by atoms with van der Waals surface area (Å²) in [6.07, 6.45) is 0. The molecule has 0 unspecified atom stereocenters. The van der Waals surface area contributed by atoms with Crippen molar-refractivity contribution >= 4 is 10.8 Å². The average molecular weight is 202 g/mol. The molecule has 1 N–H and O–H groups in total. The van der Waals surface area contributed by atoms with Crippen LogP contribution < -0.4 is 5.43 Å². The number of hydrogen-bond donors (Lipinski definition) is 1. The van der Waals surface area contributed by atoms with Gasteiger partial charge in [0.15, 0.2) is 0 Å². The van der Waals surface area contributed by atoms with Crippen LogP contribution in [0.5, 0.6) is 0 Å². The van der Waals surface area contributed by atoms with Crippen molar-refractivity contribution in [3.8, 4) is 0 Å². The number of hydrogen-bond acceptors (Lipinski definition) is 2. The third-order valence-electron chi connectivity index (χ3n) is 2.11. The number of hydrazine groups is 1. The van der Waals surface area contributed by atoms with Gasteiger partial charge < -0.3 is 0 Å². The van der Waals surface area contributed by atoms with Gasteiger partial charge in [0, 0.05) is 14.1 Å². The van der Waals surface area contributed by atoms with Crippen LogP contribution in [0.4, 0.5) is 0 Å². The van der Waals surface area contributed by atoms with Crippen LogP contribution in [0.15, 0.2) is 48.5 Å². The van der Waals surface area contributed by atoms with Gasteiger partial charge >= 0.3 is 0 Å². The molecule has 2 heteroatoms. The molecule has 0 bridgehead atoms. The van der Waals surface area contributed by atoms with Crippen molar-refractivity contribution in [3.63, 3.8) is 0 Å². The zero-order chi connectivity index (χ0) is 11.1. The van der Waals surface area contributed by atoms with Crippen LogP contribution in [0.1, 0.15) is 0 Å². The van der Waals surface area contributed by atoms with Crippen molar-refractivity contribution in [2.75, 3.05) is 21.1 Å². The normalized spacial score (nSPS) is 9.87. The molecule has 0 amide bonds. The fourth-order valence-electron chi connectivity index (χ4n) is 1.13. The maximum Gasteiger partial charge on any atom is 0.00128 e. The number of nitrogens with zero attached hydrogens (tertiary/aromatic N) is 1. The predicted molar refractivity (Wildman–Crippen MR) is 66.7 cm³/mol. The molecule has 0 saturated carbocycles. The quantitative estimate of drug-likeness (QED) is 0.715. The third kappa shape index (κ3) is 4.11. The SMILES string of the molecule is CNN(C)C.c1ccc2ccccc2c1. The second-order valence-electron chi connectivity index (χ2n) is 3.47. The zero-order valence-electron chi connectivity index (χ0n) is 9.57. The van der Waals surface area contributed by atoms with E-state index in [0.29, 0.717) is 0 Å². The molecular weight excluding hydrogens is 184 g/mol. The van der Waals surface area contributed by atoms with Crippen molar-refractivity contribution in [3.05, 3.63) is 48.5 Å². The van der Waals surface area contributed by atoms with E-state index in [0.717, 1.165) is 0 Å². The fraction of sp³-hybridized carbons (Fsp3) is 0.231. The molecule has 0 atom stereocenters. The highest BCUT2D eigenvalue weighted by Gasteiger charge is 1.85. The fourth-order valence-corrected chi connectivity index (χ4v) is 1.13. The highest BCUT2D eigenvalue weighted by molar-refractivity contribution is 5.81. The highest BCUT2D eigenvalue weighted by atomic mass is 15.5. The Morgan fingerprint density at radius 2 is 1.07 bits per heavy atom. The lowest BCUT2D eigenvalue weighted by Gasteiger charge is -2.02. The van der Waals surface area contributed by atoms with Crippen molar-refractivity contribution in [1.29, 1.82) is 0 Å². The average Bonchev–Trinajstić information content (AvgIpc) is 2.30. The number of rotatable bonds is 1. The van der Waals surface area contributed by atoms with E-state index in [4.69, 9.17) is 0 Å². The van der Waals surface area contributed by atoms with Crippen LogP contribution in [-0.4, -0.2) is 26.2 Å². The third-order valence-corrected chi connectivity index (χ3v) is 2.11. The zero-order valence-corrected chi connectivity index (χ0v) is 9.57. The molecule has 0 aliphatic rings. The summed E-state index contributed by atoms with van der Waals surface area (Å²) >= 11 is 0. The Labute approximate surface area is 91.5 Å². The maximum absolute atomic E-state index is 2.86. The Kier molecular flexibility index (Phi) is 4.81. The standard InChI is InChI=1S/C10H8.C3H10N2/c1-2-6-10-8-4-3-7-9(10)5-1;1-4-5(2)3/h1-8H;4H,1-3H3. The Morgan fingerprint density at radius 1 is 0.800 bits per heavy atom. The number of fused-ring (bicyclic) bond motifs is 1. The van der Waals surface area contributed by atoms with Crippen LogP contribution in [0.2, 0.25) is 0 Å². The van der Waals surface area contributed by atoms with E-state index in [9.17, 15) is 0 Å². The monoisotopic (exact) mass is 202 g/mol.